The second-order valence-electron chi connectivity index (χ2n) is 8.63. The lowest BCUT2D eigenvalue weighted by Crippen LogP contribution is -2.41. The molecule has 1 aliphatic heterocycles. The summed E-state index contributed by atoms with van der Waals surface area (Å²) in [5, 5.41) is 3.18. The molecule has 1 atom stereocenters. The number of nitrogens with zero attached hydrogens (tertiary/aromatic N) is 4. The van der Waals surface area contributed by atoms with Crippen LogP contribution in [0, 0.1) is 5.92 Å². The predicted molar refractivity (Wildman–Crippen MR) is 131 cm³/mol. The number of rotatable bonds is 7. The summed E-state index contributed by atoms with van der Waals surface area (Å²) in [5.41, 5.74) is 5.74. The molecule has 33 heavy (non-hydrogen) atoms. The van der Waals surface area contributed by atoms with Crippen molar-refractivity contribution < 1.29 is 9.53 Å². The predicted octanol–water partition coefficient (Wildman–Crippen LogP) is 4.25. The highest BCUT2D eigenvalue weighted by molar-refractivity contribution is 5.80. The Labute approximate surface area is 195 Å². The fraction of sp³-hybridized carbons (Fsp3) is 0.462. The van der Waals surface area contributed by atoms with Gasteiger partial charge >= 0.3 is 0 Å². The number of aromatic nitrogens is 3. The normalized spacial score (nSPS) is 15.5. The van der Waals surface area contributed by atoms with Crippen molar-refractivity contribution >= 4 is 22.8 Å². The van der Waals surface area contributed by atoms with E-state index >= 15 is 0 Å². The largest absolute Gasteiger partial charge is 0.497 e. The van der Waals surface area contributed by atoms with Crippen LogP contribution >= 0.6 is 0 Å². The number of carbonyl (C=O) groups excluding carboxylic acids is 1. The van der Waals surface area contributed by atoms with Gasteiger partial charge in [-0.1, -0.05) is 26.0 Å². The zero-order valence-electron chi connectivity index (χ0n) is 20.0. The van der Waals surface area contributed by atoms with Crippen LogP contribution in [0.15, 0.2) is 36.5 Å². The molecule has 1 aromatic carbocycles. The first-order valence-electron chi connectivity index (χ1n) is 11.9. The second-order valence-corrected chi connectivity index (χ2v) is 8.63. The van der Waals surface area contributed by atoms with Crippen molar-refractivity contribution in [1.29, 1.82) is 0 Å². The fourth-order valence-electron chi connectivity index (χ4n) is 4.45. The van der Waals surface area contributed by atoms with Crippen LogP contribution in [0.1, 0.15) is 56.6 Å². The number of piperidine rings is 1. The maximum Gasteiger partial charge on any atom is 0.223 e. The molecule has 2 aromatic heterocycles. The number of hydrogen-bond donors (Lipinski definition) is 1. The number of methoxy groups -OCH3 is 1. The molecule has 3 heterocycles. The number of nitrogens with one attached hydrogen (secondary N) is 1. The summed E-state index contributed by atoms with van der Waals surface area (Å²) in [6, 6.07) is 9.88. The minimum Gasteiger partial charge on any atom is -0.497 e. The van der Waals surface area contributed by atoms with Crippen molar-refractivity contribution in [2.24, 2.45) is 5.92 Å². The molecule has 0 aliphatic carbocycles. The van der Waals surface area contributed by atoms with Crippen LogP contribution in [0.2, 0.25) is 0 Å². The number of hydrogen-bond acceptors (Lipinski definition) is 6. The molecule has 0 bridgehead atoms. The zero-order valence-corrected chi connectivity index (χ0v) is 20.0. The minimum atomic E-state index is -0.0366. The van der Waals surface area contributed by atoms with Crippen molar-refractivity contribution in [3.05, 3.63) is 53.5 Å². The quantitative estimate of drug-likeness (QED) is 0.583. The Bertz CT molecular complexity index is 1110. The van der Waals surface area contributed by atoms with Crippen molar-refractivity contribution in [2.75, 3.05) is 25.1 Å². The van der Waals surface area contributed by atoms with Crippen LogP contribution < -0.4 is 15.0 Å². The van der Waals surface area contributed by atoms with Crippen molar-refractivity contribution in [3.63, 3.8) is 0 Å². The van der Waals surface area contributed by atoms with Crippen molar-refractivity contribution in [1.82, 2.24) is 20.3 Å². The number of ether oxygens (including phenoxy) is 1. The van der Waals surface area contributed by atoms with E-state index in [2.05, 4.69) is 35.1 Å². The number of aryl methyl sites for hydroxylation is 2. The first-order valence-corrected chi connectivity index (χ1v) is 11.9. The lowest BCUT2D eigenvalue weighted by Gasteiger charge is -2.33. The first kappa shape index (κ1) is 23.0. The van der Waals surface area contributed by atoms with Gasteiger partial charge in [-0.2, -0.15) is 0 Å². The molecule has 0 spiro atoms. The van der Waals surface area contributed by atoms with E-state index in [4.69, 9.17) is 14.7 Å². The van der Waals surface area contributed by atoms with Crippen LogP contribution in [-0.4, -0.2) is 41.1 Å². The molecule has 0 radical (unpaired) electrons. The standard InChI is InChI=1S/C26H33N5O2/c1-5-22-23(6-2)30-25-24(29-22)15-20(16-27-25)31-13-11-19(12-14-31)26(32)28-17(3)18-7-9-21(33-4)10-8-18/h7-10,15-17,19H,5-6,11-14H2,1-4H3,(H,28,32)/t17-/m1/s1. The zero-order chi connectivity index (χ0) is 23.4. The molecule has 7 heteroatoms. The first-order chi connectivity index (χ1) is 16.0. The lowest BCUT2D eigenvalue weighted by atomic mass is 9.95. The highest BCUT2D eigenvalue weighted by Crippen LogP contribution is 2.26. The number of pyridine rings is 1. The van der Waals surface area contributed by atoms with Crippen molar-refractivity contribution in [3.8, 4) is 5.75 Å². The SMILES string of the molecule is CCc1nc2cc(N3CCC(C(=O)N[C@H](C)c4ccc(OC)cc4)CC3)cnc2nc1CC. The van der Waals surface area contributed by atoms with E-state index in [1.807, 2.05) is 37.4 Å². The van der Waals surface area contributed by atoms with Gasteiger partial charge in [-0.25, -0.2) is 15.0 Å². The third kappa shape index (κ3) is 5.07. The Morgan fingerprint density at radius 1 is 1.12 bits per heavy atom. The van der Waals surface area contributed by atoms with Crippen molar-refractivity contribution in [2.45, 2.75) is 52.5 Å². The minimum absolute atomic E-state index is 0.0222. The van der Waals surface area contributed by atoms with Crippen LogP contribution in [0.4, 0.5) is 5.69 Å². The average molecular weight is 448 g/mol. The number of carbonyl (C=O) groups is 1. The number of benzene rings is 1. The van der Waals surface area contributed by atoms with Crippen LogP contribution in [-0.2, 0) is 17.6 Å². The number of fused-ring (bicyclic) bond motifs is 1. The Balaban J connectivity index is 1.37. The molecule has 1 amide bonds. The average Bonchev–Trinajstić information content (AvgIpc) is 2.87. The monoisotopic (exact) mass is 447 g/mol. The van der Waals surface area contributed by atoms with Gasteiger partial charge in [-0.15, -0.1) is 0 Å². The molecular weight excluding hydrogens is 414 g/mol. The Kier molecular flexibility index (Phi) is 7.06. The maximum atomic E-state index is 12.9. The maximum absolute atomic E-state index is 12.9. The van der Waals surface area contributed by atoms with Gasteiger partial charge in [0.1, 0.15) is 11.3 Å². The molecule has 1 aliphatic rings. The molecule has 7 nitrogen and oxygen atoms in total. The van der Waals surface area contributed by atoms with E-state index in [9.17, 15) is 4.79 Å². The van der Waals surface area contributed by atoms with Gasteiger partial charge in [0.05, 0.1) is 36.4 Å². The third-order valence-corrected chi connectivity index (χ3v) is 6.54. The van der Waals surface area contributed by atoms with Gasteiger partial charge in [0.25, 0.3) is 0 Å². The summed E-state index contributed by atoms with van der Waals surface area (Å²) in [5.74, 6) is 0.963. The van der Waals surface area contributed by atoms with E-state index in [0.29, 0.717) is 5.65 Å². The summed E-state index contributed by atoms with van der Waals surface area (Å²) in [7, 11) is 1.65. The third-order valence-electron chi connectivity index (χ3n) is 6.54. The van der Waals surface area contributed by atoms with E-state index in [-0.39, 0.29) is 17.9 Å². The molecule has 0 saturated carbocycles. The highest BCUT2D eigenvalue weighted by Gasteiger charge is 2.26. The molecule has 0 unspecified atom stereocenters. The lowest BCUT2D eigenvalue weighted by molar-refractivity contribution is -0.126. The summed E-state index contributed by atoms with van der Waals surface area (Å²) in [6.45, 7) is 7.87. The van der Waals surface area contributed by atoms with Crippen LogP contribution in [0.5, 0.6) is 5.75 Å². The molecule has 1 saturated heterocycles. The van der Waals surface area contributed by atoms with Gasteiger partial charge in [0, 0.05) is 19.0 Å². The van der Waals surface area contributed by atoms with Gasteiger partial charge < -0.3 is 15.0 Å². The molecule has 1 fully saturated rings. The number of amides is 1. The van der Waals surface area contributed by atoms with E-state index in [1.165, 1.54) is 0 Å². The van der Waals surface area contributed by atoms with Gasteiger partial charge in [-0.3, -0.25) is 4.79 Å². The van der Waals surface area contributed by atoms with E-state index < -0.39 is 0 Å². The molecule has 3 aromatic rings. The molecule has 174 valence electrons. The second kappa shape index (κ2) is 10.1. The Morgan fingerprint density at radius 3 is 2.42 bits per heavy atom. The summed E-state index contributed by atoms with van der Waals surface area (Å²) in [6.07, 6.45) is 5.25. The highest BCUT2D eigenvalue weighted by atomic mass is 16.5. The van der Waals surface area contributed by atoms with Crippen LogP contribution in [0.25, 0.3) is 11.2 Å². The Hall–Kier alpha value is -3.22. The Morgan fingerprint density at radius 2 is 1.79 bits per heavy atom. The number of anilines is 1. The van der Waals surface area contributed by atoms with Gasteiger partial charge in [0.15, 0.2) is 5.65 Å². The van der Waals surface area contributed by atoms with E-state index in [0.717, 1.165) is 72.7 Å². The van der Waals surface area contributed by atoms with E-state index in [1.54, 1.807) is 7.11 Å². The van der Waals surface area contributed by atoms with Gasteiger partial charge in [-0.05, 0) is 56.4 Å². The molecular formula is C26H33N5O2. The fourth-order valence-corrected chi connectivity index (χ4v) is 4.45. The smallest absolute Gasteiger partial charge is 0.223 e. The summed E-state index contributed by atoms with van der Waals surface area (Å²) in [4.78, 5) is 29.2. The molecule has 1 N–H and O–H groups in total. The summed E-state index contributed by atoms with van der Waals surface area (Å²) >= 11 is 0. The van der Waals surface area contributed by atoms with Crippen LogP contribution in [0.3, 0.4) is 0 Å². The topological polar surface area (TPSA) is 80.2 Å². The molecule has 4 rings (SSSR count). The summed E-state index contributed by atoms with van der Waals surface area (Å²) < 4.78 is 5.21. The van der Waals surface area contributed by atoms with Gasteiger partial charge in [0.2, 0.25) is 5.91 Å².